The Hall–Kier alpha value is -0.800. The summed E-state index contributed by atoms with van der Waals surface area (Å²) in [7, 11) is 0. The van der Waals surface area contributed by atoms with E-state index in [1.807, 2.05) is 0 Å². The van der Waals surface area contributed by atoms with Gasteiger partial charge in [0.15, 0.2) is 6.17 Å². The van der Waals surface area contributed by atoms with Crippen LogP contribution in [0.25, 0.3) is 0 Å². The van der Waals surface area contributed by atoms with Crippen molar-refractivity contribution in [3.63, 3.8) is 0 Å². The SMILES string of the molecule is CCCCCCC/C=C/CCCCC1NC=C[N+]1(CC)CCO. The van der Waals surface area contributed by atoms with Crippen LogP contribution in [0.3, 0.4) is 0 Å². The molecule has 2 N–H and O–H groups in total. The highest BCUT2D eigenvalue weighted by atomic mass is 16.3. The van der Waals surface area contributed by atoms with E-state index in [2.05, 4.69) is 43.7 Å². The Balaban J connectivity index is 2.06. The Morgan fingerprint density at radius 1 is 1.00 bits per heavy atom. The van der Waals surface area contributed by atoms with Crippen LogP contribution in [-0.4, -0.2) is 35.5 Å². The molecule has 0 aromatic heterocycles. The Morgan fingerprint density at radius 2 is 1.70 bits per heavy atom. The molecule has 1 aliphatic heterocycles. The molecule has 0 saturated heterocycles. The van der Waals surface area contributed by atoms with Gasteiger partial charge in [0, 0.05) is 6.42 Å². The van der Waals surface area contributed by atoms with Crippen LogP contribution >= 0.6 is 0 Å². The van der Waals surface area contributed by atoms with Crippen molar-refractivity contribution in [1.82, 2.24) is 5.32 Å². The summed E-state index contributed by atoms with van der Waals surface area (Å²) < 4.78 is 0.893. The highest BCUT2D eigenvalue weighted by Crippen LogP contribution is 2.22. The van der Waals surface area contributed by atoms with E-state index < -0.39 is 0 Å². The standard InChI is InChI=1S/C20H39N2O/c1-3-5-6-7-8-9-10-11-12-13-14-15-20-21-16-17-22(20,4-2)18-19-23/h10-11,16-17,20-21,23H,3-9,12-15,18-19H2,1-2H3/q+1/b11-10+. The minimum Gasteiger partial charge on any atom is -0.390 e. The number of nitrogens with one attached hydrogen (secondary N) is 1. The van der Waals surface area contributed by atoms with E-state index in [1.165, 1.54) is 64.2 Å². The third kappa shape index (κ3) is 7.54. The predicted octanol–water partition coefficient (Wildman–Crippen LogP) is 4.69. The van der Waals surface area contributed by atoms with Crippen molar-refractivity contribution in [3.05, 3.63) is 24.6 Å². The van der Waals surface area contributed by atoms with Gasteiger partial charge in [-0.05, 0) is 39.0 Å². The van der Waals surface area contributed by atoms with E-state index in [1.54, 1.807) is 0 Å². The minimum atomic E-state index is 0.261. The van der Waals surface area contributed by atoms with Crippen molar-refractivity contribution >= 4 is 0 Å². The van der Waals surface area contributed by atoms with Crippen LogP contribution in [0.4, 0.5) is 0 Å². The zero-order valence-electron chi connectivity index (χ0n) is 15.5. The predicted molar refractivity (Wildman–Crippen MR) is 99.8 cm³/mol. The first-order valence-corrected chi connectivity index (χ1v) is 9.85. The highest BCUT2D eigenvalue weighted by molar-refractivity contribution is 4.85. The molecule has 0 aliphatic carbocycles. The summed E-state index contributed by atoms with van der Waals surface area (Å²) in [6.45, 7) is 6.61. The molecule has 0 amide bonds. The molecule has 0 aromatic rings. The summed E-state index contributed by atoms with van der Waals surface area (Å²) in [6.07, 6.45) is 22.5. The zero-order chi connectivity index (χ0) is 16.8. The Labute approximate surface area is 144 Å². The fraction of sp³-hybridized carbons (Fsp3) is 0.800. The summed E-state index contributed by atoms with van der Waals surface area (Å²) in [5, 5.41) is 12.8. The van der Waals surface area contributed by atoms with Crippen LogP contribution in [0.1, 0.15) is 78.1 Å². The molecule has 3 heteroatoms. The normalized spacial score (nSPS) is 23.7. The van der Waals surface area contributed by atoms with Crippen molar-refractivity contribution < 1.29 is 9.59 Å². The molecule has 3 nitrogen and oxygen atoms in total. The number of aliphatic hydroxyl groups excluding tert-OH is 1. The van der Waals surface area contributed by atoms with Crippen molar-refractivity contribution in [2.45, 2.75) is 84.2 Å². The van der Waals surface area contributed by atoms with Gasteiger partial charge in [-0.3, -0.25) is 4.48 Å². The number of hydrogen-bond acceptors (Lipinski definition) is 2. The number of hydrogen-bond donors (Lipinski definition) is 2. The van der Waals surface area contributed by atoms with Crippen LogP contribution in [0.5, 0.6) is 0 Å². The number of nitrogens with zero attached hydrogens (tertiary/aromatic N) is 1. The quantitative estimate of drug-likeness (QED) is 0.276. The van der Waals surface area contributed by atoms with Crippen LogP contribution < -0.4 is 5.32 Å². The lowest BCUT2D eigenvalue weighted by atomic mass is 10.1. The second-order valence-electron chi connectivity index (χ2n) is 6.82. The third-order valence-corrected chi connectivity index (χ3v) is 5.13. The molecule has 0 fully saturated rings. The lowest BCUT2D eigenvalue weighted by molar-refractivity contribution is -0.900. The van der Waals surface area contributed by atoms with Gasteiger partial charge in [-0.25, -0.2) is 0 Å². The van der Waals surface area contributed by atoms with Gasteiger partial charge in [0.25, 0.3) is 0 Å². The maximum Gasteiger partial charge on any atom is 0.166 e. The highest BCUT2D eigenvalue weighted by Gasteiger charge is 2.35. The van der Waals surface area contributed by atoms with Crippen molar-refractivity contribution in [3.8, 4) is 0 Å². The van der Waals surface area contributed by atoms with Crippen molar-refractivity contribution in [2.75, 3.05) is 19.7 Å². The summed E-state index contributed by atoms with van der Waals surface area (Å²) >= 11 is 0. The van der Waals surface area contributed by atoms with Crippen LogP contribution in [0.15, 0.2) is 24.6 Å². The first-order valence-electron chi connectivity index (χ1n) is 9.85. The van der Waals surface area contributed by atoms with Crippen molar-refractivity contribution in [1.29, 1.82) is 0 Å². The number of likely N-dealkylation sites (N-methyl/N-ethyl adjacent to an activating group) is 1. The molecular weight excluding hydrogens is 284 g/mol. The number of unbranched alkanes of at least 4 members (excludes halogenated alkanes) is 7. The lowest BCUT2D eigenvalue weighted by Crippen LogP contribution is -2.54. The topological polar surface area (TPSA) is 32.3 Å². The zero-order valence-corrected chi connectivity index (χ0v) is 15.5. The summed E-state index contributed by atoms with van der Waals surface area (Å²) in [4.78, 5) is 0. The van der Waals surface area contributed by atoms with Crippen LogP contribution in [-0.2, 0) is 0 Å². The average Bonchev–Trinajstić information content (AvgIpc) is 2.96. The molecule has 0 saturated carbocycles. The number of quaternary nitrogens is 1. The Morgan fingerprint density at radius 3 is 2.35 bits per heavy atom. The third-order valence-electron chi connectivity index (χ3n) is 5.13. The lowest BCUT2D eigenvalue weighted by Gasteiger charge is -2.36. The van der Waals surface area contributed by atoms with E-state index in [9.17, 15) is 5.11 Å². The number of aliphatic hydroxyl groups is 1. The summed E-state index contributed by atoms with van der Waals surface area (Å²) in [5.41, 5.74) is 0. The second kappa shape index (κ2) is 12.6. The molecule has 0 radical (unpaired) electrons. The fourth-order valence-electron chi connectivity index (χ4n) is 3.50. The summed E-state index contributed by atoms with van der Waals surface area (Å²) in [6, 6.07) is 0. The van der Waals surface area contributed by atoms with E-state index >= 15 is 0 Å². The van der Waals surface area contributed by atoms with E-state index in [0.717, 1.165) is 17.6 Å². The van der Waals surface area contributed by atoms with Gasteiger partial charge in [-0.2, -0.15) is 0 Å². The van der Waals surface area contributed by atoms with E-state index in [4.69, 9.17) is 0 Å². The van der Waals surface area contributed by atoms with Crippen molar-refractivity contribution in [2.24, 2.45) is 0 Å². The minimum absolute atomic E-state index is 0.261. The first-order chi connectivity index (χ1) is 11.3. The van der Waals surface area contributed by atoms with E-state index in [-0.39, 0.29) is 6.61 Å². The van der Waals surface area contributed by atoms with Gasteiger partial charge in [-0.15, -0.1) is 0 Å². The number of rotatable bonds is 14. The van der Waals surface area contributed by atoms with Gasteiger partial charge < -0.3 is 10.4 Å². The molecule has 0 aromatic carbocycles. The molecular formula is C20H39N2O+. The van der Waals surface area contributed by atoms with Gasteiger partial charge in [0.05, 0.1) is 19.4 Å². The Kier molecular flexibility index (Phi) is 11.1. The maximum atomic E-state index is 9.31. The van der Waals surface area contributed by atoms with Gasteiger partial charge in [0.2, 0.25) is 0 Å². The van der Waals surface area contributed by atoms with E-state index in [0.29, 0.717) is 6.17 Å². The maximum absolute atomic E-state index is 9.31. The van der Waals surface area contributed by atoms with Crippen LogP contribution in [0.2, 0.25) is 0 Å². The molecule has 23 heavy (non-hydrogen) atoms. The molecule has 2 atom stereocenters. The molecule has 134 valence electrons. The second-order valence-corrected chi connectivity index (χ2v) is 6.82. The largest absolute Gasteiger partial charge is 0.390 e. The first kappa shape index (κ1) is 20.2. The molecule has 2 unspecified atom stereocenters. The average molecular weight is 324 g/mol. The smallest absolute Gasteiger partial charge is 0.166 e. The monoisotopic (exact) mass is 323 g/mol. The van der Waals surface area contributed by atoms with Gasteiger partial charge >= 0.3 is 0 Å². The molecule has 1 rings (SSSR count). The molecule has 1 aliphatic rings. The molecule has 1 heterocycles. The summed E-state index contributed by atoms with van der Waals surface area (Å²) in [5.74, 6) is 0. The molecule has 0 spiro atoms. The fourth-order valence-corrected chi connectivity index (χ4v) is 3.50. The Bertz CT molecular complexity index is 341. The van der Waals surface area contributed by atoms with Gasteiger partial charge in [-0.1, -0.05) is 44.8 Å². The van der Waals surface area contributed by atoms with Gasteiger partial charge in [0.1, 0.15) is 12.7 Å². The number of allylic oxidation sites excluding steroid dienone is 2. The van der Waals surface area contributed by atoms with Crippen LogP contribution in [0, 0.1) is 0 Å². The molecule has 0 bridgehead atoms.